The van der Waals surface area contributed by atoms with E-state index in [4.69, 9.17) is 0 Å². The standard InChI is InChI=1S/C17H28N2O2S.ClH/c1-3-5-15-6-8-17(9-7-15)22(20,21)19(14-4-2)16-10-12-18-13-11-16;/h6-9,16,18H,3-5,10-14H2,1-2H3;1H. The second-order valence-corrected chi connectivity index (χ2v) is 7.88. The fourth-order valence-electron chi connectivity index (χ4n) is 3.07. The molecule has 0 bridgehead atoms. The first kappa shape index (κ1) is 20.4. The van der Waals surface area contributed by atoms with Crippen molar-refractivity contribution in [2.75, 3.05) is 19.6 Å². The monoisotopic (exact) mass is 360 g/mol. The molecule has 1 aromatic carbocycles. The second kappa shape index (κ2) is 9.62. The van der Waals surface area contributed by atoms with Gasteiger partial charge in [0, 0.05) is 12.6 Å². The average molecular weight is 361 g/mol. The van der Waals surface area contributed by atoms with Crippen molar-refractivity contribution in [1.29, 1.82) is 0 Å². The Balaban J connectivity index is 0.00000264. The van der Waals surface area contributed by atoms with E-state index in [0.717, 1.165) is 45.2 Å². The molecule has 1 fully saturated rings. The normalized spacial score (nSPS) is 16.3. The highest BCUT2D eigenvalue weighted by atomic mass is 35.5. The Kier molecular flexibility index (Phi) is 8.54. The molecular weight excluding hydrogens is 332 g/mol. The Morgan fingerprint density at radius 3 is 2.22 bits per heavy atom. The minimum atomic E-state index is -3.39. The molecule has 0 aliphatic carbocycles. The molecule has 23 heavy (non-hydrogen) atoms. The van der Waals surface area contributed by atoms with Gasteiger partial charge in [0.15, 0.2) is 0 Å². The molecule has 0 spiro atoms. The number of piperidine rings is 1. The van der Waals surface area contributed by atoms with Crippen molar-refractivity contribution >= 4 is 22.4 Å². The van der Waals surface area contributed by atoms with Gasteiger partial charge in [0.1, 0.15) is 0 Å². The van der Waals surface area contributed by atoms with Gasteiger partial charge in [-0.25, -0.2) is 8.42 Å². The summed E-state index contributed by atoms with van der Waals surface area (Å²) in [4.78, 5) is 0.430. The number of rotatable bonds is 7. The third-order valence-corrected chi connectivity index (χ3v) is 6.19. The largest absolute Gasteiger partial charge is 0.317 e. The van der Waals surface area contributed by atoms with Gasteiger partial charge < -0.3 is 5.32 Å². The quantitative estimate of drug-likeness (QED) is 0.812. The summed E-state index contributed by atoms with van der Waals surface area (Å²) in [6, 6.07) is 7.56. The van der Waals surface area contributed by atoms with Crippen LogP contribution in [0.25, 0.3) is 0 Å². The summed E-state index contributed by atoms with van der Waals surface area (Å²) in [7, 11) is -3.39. The maximum atomic E-state index is 13.0. The molecule has 0 saturated carbocycles. The number of sulfonamides is 1. The van der Waals surface area contributed by atoms with Crippen LogP contribution in [0.4, 0.5) is 0 Å². The molecule has 1 heterocycles. The molecular formula is C17H29ClN2O2S. The van der Waals surface area contributed by atoms with Gasteiger partial charge in [-0.1, -0.05) is 32.4 Å². The SMILES string of the molecule is CCCc1ccc(S(=O)(=O)N(CCC)C2CCNCC2)cc1.Cl. The van der Waals surface area contributed by atoms with E-state index in [9.17, 15) is 8.42 Å². The van der Waals surface area contributed by atoms with E-state index in [1.54, 1.807) is 16.4 Å². The average Bonchev–Trinajstić information content (AvgIpc) is 2.54. The topological polar surface area (TPSA) is 49.4 Å². The number of hydrogen-bond donors (Lipinski definition) is 1. The summed E-state index contributed by atoms with van der Waals surface area (Å²) in [5, 5.41) is 3.30. The van der Waals surface area contributed by atoms with E-state index < -0.39 is 10.0 Å². The van der Waals surface area contributed by atoms with Crippen LogP contribution >= 0.6 is 12.4 Å². The van der Waals surface area contributed by atoms with Crippen LogP contribution in [0.2, 0.25) is 0 Å². The van der Waals surface area contributed by atoms with Gasteiger partial charge in [0.25, 0.3) is 0 Å². The van der Waals surface area contributed by atoms with Crippen molar-refractivity contribution in [1.82, 2.24) is 9.62 Å². The summed E-state index contributed by atoms with van der Waals surface area (Å²) in [5.74, 6) is 0. The fourth-order valence-corrected chi connectivity index (χ4v) is 4.84. The number of benzene rings is 1. The Hall–Kier alpha value is -0.620. The molecule has 132 valence electrons. The molecule has 1 N–H and O–H groups in total. The Labute approximate surface area is 147 Å². The number of aryl methyl sites for hydroxylation is 1. The maximum absolute atomic E-state index is 13.0. The molecule has 6 heteroatoms. The highest BCUT2D eigenvalue weighted by molar-refractivity contribution is 7.89. The summed E-state index contributed by atoms with van der Waals surface area (Å²) in [6.07, 6.45) is 4.70. The van der Waals surface area contributed by atoms with E-state index in [1.807, 2.05) is 19.1 Å². The zero-order chi connectivity index (χ0) is 16.0. The molecule has 0 atom stereocenters. The van der Waals surface area contributed by atoms with E-state index in [-0.39, 0.29) is 18.4 Å². The minimum absolute atomic E-state index is 0. The molecule has 0 amide bonds. The molecule has 4 nitrogen and oxygen atoms in total. The predicted octanol–water partition coefficient (Wildman–Crippen LogP) is 3.21. The summed E-state index contributed by atoms with van der Waals surface area (Å²) >= 11 is 0. The van der Waals surface area contributed by atoms with Crippen LogP contribution in [0.15, 0.2) is 29.2 Å². The first-order valence-electron chi connectivity index (χ1n) is 8.41. The maximum Gasteiger partial charge on any atom is 0.243 e. The van der Waals surface area contributed by atoms with Crippen LogP contribution in [0, 0.1) is 0 Å². The van der Waals surface area contributed by atoms with E-state index in [1.165, 1.54) is 5.56 Å². The lowest BCUT2D eigenvalue weighted by Gasteiger charge is -2.33. The molecule has 2 rings (SSSR count). The van der Waals surface area contributed by atoms with Gasteiger partial charge >= 0.3 is 0 Å². The third kappa shape index (κ3) is 5.18. The highest BCUT2D eigenvalue weighted by Gasteiger charge is 2.31. The smallest absolute Gasteiger partial charge is 0.243 e. The number of nitrogens with zero attached hydrogens (tertiary/aromatic N) is 1. The van der Waals surface area contributed by atoms with Crippen molar-refractivity contribution in [2.24, 2.45) is 0 Å². The van der Waals surface area contributed by atoms with Gasteiger partial charge in [-0.15, -0.1) is 12.4 Å². The third-order valence-electron chi connectivity index (χ3n) is 4.23. The van der Waals surface area contributed by atoms with Gasteiger partial charge in [0.2, 0.25) is 10.0 Å². The summed E-state index contributed by atoms with van der Waals surface area (Å²) in [5.41, 5.74) is 1.20. The van der Waals surface area contributed by atoms with Gasteiger partial charge in [-0.05, 0) is 56.5 Å². The van der Waals surface area contributed by atoms with Crippen LogP contribution in [0.5, 0.6) is 0 Å². The number of hydrogen-bond acceptors (Lipinski definition) is 3. The van der Waals surface area contributed by atoms with Gasteiger partial charge in [0.05, 0.1) is 4.90 Å². The summed E-state index contributed by atoms with van der Waals surface area (Å²) < 4.78 is 27.7. The van der Waals surface area contributed by atoms with Crippen molar-refractivity contribution in [3.8, 4) is 0 Å². The van der Waals surface area contributed by atoms with E-state index >= 15 is 0 Å². The van der Waals surface area contributed by atoms with Crippen molar-refractivity contribution in [3.63, 3.8) is 0 Å². The van der Waals surface area contributed by atoms with Crippen LogP contribution < -0.4 is 5.32 Å². The van der Waals surface area contributed by atoms with Crippen LogP contribution in [-0.2, 0) is 16.4 Å². The zero-order valence-electron chi connectivity index (χ0n) is 14.1. The number of nitrogens with one attached hydrogen (secondary N) is 1. The molecule has 1 aromatic rings. The summed E-state index contributed by atoms with van der Waals surface area (Å²) in [6.45, 7) is 6.56. The van der Waals surface area contributed by atoms with Crippen molar-refractivity contribution in [2.45, 2.75) is 56.9 Å². The first-order valence-corrected chi connectivity index (χ1v) is 9.85. The fraction of sp³-hybridized carbons (Fsp3) is 0.647. The zero-order valence-corrected chi connectivity index (χ0v) is 15.8. The van der Waals surface area contributed by atoms with Crippen molar-refractivity contribution in [3.05, 3.63) is 29.8 Å². The second-order valence-electron chi connectivity index (χ2n) is 5.99. The molecule has 0 radical (unpaired) electrons. The minimum Gasteiger partial charge on any atom is -0.317 e. The van der Waals surface area contributed by atoms with Gasteiger partial charge in [-0.2, -0.15) is 4.31 Å². The van der Waals surface area contributed by atoms with E-state index in [2.05, 4.69) is 12.2 Å². The lowest BCUT2D eigenvalue weighted by Crippen LogP contribution is -2.46. The van der Waals surface area contributed by atoms with Crippen LogP contribution in [0.3, 0.4) is 0 Å². The molecule has 1 aliphatic rings. The highest BCUT2D eigenvalue weighted by Crippen LogP contribution is 2.23. The number of halogens is 1. The Bertz CT molecular complexity index is 554. The Morgan fingerprint density at radius 2 is 1.70 bits per heavy atom. The van der Waals surface area contributed by atoms with Crippen LogP contribution in [-0.4, -0.2) is 38.4 Å². The lowest BCUT2D eigenvalue weighted by molar-refractivity contribution is 0.262. The van der Waals surface area contributed by atoms with E-state index in [0.29, 0.717) is 11.4 Å². The van der Waals surface area contributed by atoms with Crippen molar-refractivity contribution < 1.29 is 8.42 Å². The molecule has 0 unspecified atom stereocenters. The Morgan fingerprint density at radius 1 is 1.09 bits per heavy atom. The van der Waals surface area contributed by atoms with Crippen LogP contribution in [0.1, 0.15) is 45.1 Å². The molecule has 1 aliphatic heterocycles. The predicted molar refractivity (Wildman–Crippen MR) is 97.8 cm³/mol. The first-order chi connectivity index (χ1) is 10.6. The van der Waals surface area contributed by atoms with Gasteiger partial charge in [-0.3, -0.25) is 0 Å². The molecule has 1 saturated heterocycles. The lowest BCUT2D eigenvalue weighted by atomic mass is 10.1. The molecule has 0 aromatic heterocycles.